The Hall–Kier alpha value is -0.830. The van der Waals surface area contributed by atoms with E-state index in [1.807, 2.05) is 11.0 Å². The molecule has 0 saturated carbocycles. The van der Waals surface area contributed by atoms with Gasteiger partial charge < -0.3 is 4.90 Å². The summed E-state index contributed by atoms with van der Waals surface area (Å²) >= 11 is 3.46. The van der Waals surface area contributed by atoms with Crippen molar-refractivity contribution in [2.75, 3.05) is 18.4 Å². The van der Waals surface area contributed by atoms with Crippen LogP contribution in [0.5, 0.6) is 0 Å². The number of nitrogens with zero attached hydrogens (tertiary/aromatic N) is 1. The van der Waals surface area contributed by atoms with Crippen molar-refractivity contribution in [2.45, 2.75) is 19.3 Å². The van der Waals surface area contributed by atoms with E-state index in [1.165, 1.54) is 5.56 Å². The summed E-state index contributed by atoms with van der Waals surface area (Å²) in [6.07, 6.45) is 2.84. The maximum absolute atomic E-state index is 11.7. The molecule has 1 aromatic rings. The van der Waals surface area contributed by atoms with Crippen LogP contribution >= 0.6 is 15.9 Å². The summed E-state index contributed by atoms with van der Waals surface area (Å²) in [6.45, 7) is 1.83. The molecule has 92 valence electrons. The Morgan fingerprint density at radius 3 is 2.71 bits per heavy atom. The maximum atomic E-state index is 11.7. The molecule has 0 radical (unpaired) electrons. The van der Waals surface area contributed by atoms with Crippen molar-refractivity contribution >= 4 is 21.8 Å². The molecule has 1 amide bonds. The molecule has 17 heavy (non-hydrogen) atoms. The van der Waals surface area contributed by atoms with Crippen LogP contribution in [0.25, 0.3) is 0 Å². The molecule has 1 aliphatic heterocycles. The Kier molecular flexibility index (Phi) is 4.60. The quantitative estimate of drug-likeness (QED) is 0.765. The van der Waals surface area contributed by atoms with E-state index in [0.29, 0.717) is 11.8 Å². The number of aryl methyl sites for hydroxylation is 1. The third-order valence-corrected chi connectivity index (χ3v) is 4.16. The second kappa shape index (κ2) is 6.20. The van der Waals surface area contributed by atoms with E-state index in [4.69, 9.17) is 0 Å². The second-order valence-electron chi connectivity index (χ2n) is 4.65. The molecule has 1 saturated heterocycles. The highest BCUT2D eigenvalue weighted by atomic mass is 79.9. The highest BCUT2D eigenvalue weighted by Crippen LogP contribution is 2.19. The molecule has 2 rings (SSSR count). The van der Waals surface area contributed by atoms with E-state index in [9.17, 15) is 4.79 Å². The Labute approximate surface area is 111 Å². The van der Waals surface area contributed by atoms with E-state index in [-0.39, 0.29) is 0 Å². The minimum atomic E-state index is 0.322. The molecular weight excluding hydrogens is 278 g/mol. The fraction of sp³-hybridized carbons (Fsp3) is 0.500. The summed E-state index contributed by atoms with van der Waals surface area (Å²) < 4.78 is 0. The Bertz CT molecular complexity index is 366. The molecule has 1 aromatic carbocycles. The predicted molar refractivity (Wildman–Crippen MR) is 73.2 cm³/mol. The van der Waals surface area contributed by atoms with Crippen molar-refractivity contribution in [2.24, 2.45) is 5.92 Å². The van der Waals surface area contributed by atoms with Crippen LogP contribution in [0.2, 0.25) is 0 Å². The molecule has 2 nitrogen and oxygen atoms in total. The average molecular weight is 296 g/mol. The van der Waals surface area contributed by atoms with Crippen LogP contribution in [-0.2, 0) is 11.2 Å². The van der Waals surface area contributed by atoms with E-state index in [1.54, 1.807) is 0 Å². The van der Waals surface area contributed by atoms with Crippen molar-refractivity contribution in [1.29, 1.82) is 0 Å². The van der Waals surface area contributed by atoms with Gasteiger partial charge in [0.1, 0.15) is 0 Å². The first-order chi connectivity index (χ1) is 8.29. The number of benzene rings is 1. The SMILES string of the molecule is O=C1CC(CBr)CN1CCCc1ccccc1. The van der Waals surface area contributed by atoms with Crippen LogP contribution in [0.15, 0.2) is 30.3 Å². The van der Waals surface area contributed by atoms with Gasteiger partial charge in [0.25, 0.3) is 0 Å². The Morgan fingerprint density at radius 1 is 1.29 bits per heavy atom. The second-order valence-corrected chi connectivity index (χ2v) is 5.30. The van der Waals surface area contributed by atoms with Gasteiger partial charge in [0.2, 0.25) is 5.91 Å². The number of halogens is 1. The number of likely N-dealkylation sites (tertiary alicyclic amines) is 1. The summed E-state index contributed by atoms with van der Waals surface area (Å²) in [6, 6.07) is 10.5. The number of carbonyl (C=O) groups excluding carboxylic acids is 1. The smallest absolute Gasteiger partial charge is 0.222 e. The molecule has 1 atom stereocenters. The molecule has 1 fully saturated rings. The van der Waals surface area contributed by atoms with Crippen molar-refractivity contribution in [3.8, 4) is 0 Å². The normalized spacial score (nSPS) is 19.9. The van der Waals surface area contributed by atoms with Crippen LogP contribution in [0.1, 0.15) is 18.4 Å². The monoisotopic (exact) mass is 295 g/mol. The number of alkyl halides is 1. The first-order valence-corrected chi connectivity index (χ1v) is 7.29. The van der Waals surface area contributed by atoms with E-state index in [0.717, 1.165) is 37.7 Å². The van der Waals surface area contributed by atoms with Crippen molar-refractivity contribution < 1.29 is 4.79 Å². The molecule has 0 aromatic heterocycles. The highest BCUT2D eigenvalue weighted by Gasteiger charge is 2.27. The Balaban J connectivity index is 1.74. The summed E-state index contributed by atoms with van der Waals surface area (Å²) in [5.74, 6) is 0.835. The lowest BCUT2D eigenvalue weighted by molar-refractivity contribution is -0.127. The molecular formula is C14H18BrNO. The molecule has 1 aliphatic rings. The molecule has 1 unspecified atom stereocenters. The summed E-state index contributed by atoms with van der Waals surface area (Å²) in [5, 5.41) is 0.938. The zero-order valence-corrected chi connectivity index (χ0v) is 11.5. The van der Waals surface area contributed by atoms with Crippen molar-refractivity contribution in [1.82, 2.24) is 4.90 Å². The van der Waals surface area contributed by atoms with Gasteiger partial charge >= 0.3 is 0 Å². The van der Waals surface area contributed by atoms with Gasteiger partial charge in [0.05, 0.1) is 0 Å². The number of amides is 1. The fourth-order valence-corrected chi connectivity index (χ4v) is 2.73. The Morgan fingerprint density at radius 2 is 2.06 bits per heavy atom. The minimum absolute atomic E-state index is 0.322. The van der Waals surface area contributed by atoms with Gasteiger partial charge in [-0.3, -0.25) is 4.79 Å². The van der Waals surface area contributed by atoms with Crippen molar-refractivity contribution in [3.05, 3.63) is 35.9 Å². The van der Waals surface area contributed by atoms with Crippen LogP contribution in [0.4, 0.5) is 0 Å². The fourth-order valence-electron chi connectivity index (χ4n) is 2.29. The van der Waals surface area contributed by atoms with Gasteiger partial charge in [0, 0.05) is 24.8 Å². The van der Waals surface area contributed by atoms with Gasteiger partial charge in [0.15, 0.2) is 0 Å². The maximum Gasteiger partial charge on any atom is 0.222 e. The zero-order chi connectivity index (χ0) is 12.1. The van der Waals surface area contributed by atoms with Gasteiger partial charge in [-0.05, 0) is 24.3 Å². The van der Waals surface area contributed by atoms with Gasteiger partial charge in [-0.15, -0.1) is 0 Å². The van der Waals surface area contributed by atoms with Crippen LogP contribution in [-0.4, -0.2) is 29.2 Å². The molecule has 0 N–H and O–H groups in total. The predicted octanol–water partition coefficient (Wildman–Crippen LogP) is 2.86. The van der Waals surface area contributed by atoms with Crippen LogP contribution < -0.4 is 0 Å². The minimum Gasteiger partial charge on any atom is -0.342 e. The van der Waals surface area contributed by atoms with Crippen LogP contribution in [0, 0.1) is 5.92 Å². The van der Waals surface area contributed by atoms with Gasteiger partial charge in [-0.2, -0.15) is 0 Å². The highest BCUT2D eigenvalue weighted by molar-refractivity contribution is 9.09. The lowest BCUT2D eigenvalue weighted by Gasteiger charge is -2.16. The van der Waals surface area contributed by atoms with Crippen molar-refractivity contribution in [3.63, 3.8) is 0 Å². The van der Waals surface area contributed by atoms with E-state index >= 15 is 0 Å². The molecule has 0 spiro atoms. The molecule has 1 heterocycles. The number of hydrogen-bond donors (Lipinski definition) is 0. The first kappa shape index (κ1) is 12.6. The molecule has 0 bridgehead atoms. The third kappa shape index (κ3) is 3.56. The number of hydrogen-bond acceptors (Lipinski definition) is 1. The third-order valence-electron chi connectivity index (χ3n) is 3.25. The topological polar surface area (TPSA) is 20.3 Å². The summed E-state index contributed by atoms with van der Waals surface area (Å²) in [4.78, 5) is 13.7. The lowest BCUT2D eigenvalue weighted by Crippen LogP contribution is -2.26. The number of carbonyl (C=O) groups is 1. The summed E-state index contributed by atoms with van der Waals surface area (Å²) in [7, 11) is 0. The molecule has 0 aliphatic carbocycles. The number of rotatable bonds is 5. The average Bonchev–Trinajstić information content (AvgIpc) is 2.72. The van der Waals surface area contributed by atoms with Crippen LogP contribution in [0.3, 0.4) is 0 Å². The van der Waals surface area contributed by atoms with Gasteiger partial charge in [-0.25, -0.2) is 0 Å². The van der Waals surface area contributed by atoms with E-state index < -0.39 is 0 Å². The zero-order valence-electron chi connectivity index (χ0n) is 9.94. The van der Waals surface area contributed by atoms with Gasteiger partial charge in [-0.1, -0.05) is 46.3 Å². The largest absolute Gasteiger partial charge is 0.342 e. The lowest BCUT2D eigenvalue weighted by atomic mass is 10.1. The molecule has 3 heteroatoms. The first-order valence-electron chi connectivity index (χ1n) is 6.17. The van der Waals surface area contributed by atoms with E-state index in [2.05, 4.69) is 40.2 Å². The standard InChI is InChI=1S/C14H18BrNO/c15-10-13-9-14(17)16(11-13)8-4-7-12-5-2-1-3-6-12/h1-3,5-6,13H,4,7-11H2. The summed E-state index contributed by atoms with van der Waals surface area (Å²) in [5.41, 5.74) is 1.36.